The summed E-state index contributed by atoms with van der Waals surface area (Å²) in [7, 11) is -1.63. The van der Waals surface area contributed by atoms with Gasteiger partial charge in [-0.25, -0.2) is 18.5 Å². The van der Waals surface area contributed by atoms with Crippen molar-refractivity contribution >= 4 is 15.9 Å². The maximum atomic E-state index is 12.3. The quantitative estimate of drug-likeness (QED) is 0.828. The van der Waals surface area contributed by atoms with Crippen LogP contribution >= 0.6 is 0 Å². The Labute approximate surface area is 124 Å². The minimum atomic E-state index is -3.55. The molecule has 1 saturated carbocycles. The van der Waals surface area contributed by atoms with Crippen molar-refractivity contribution in [3.63, 3.8) is 0 Å². The van der Waals surface area contributed by atoms with Crippen molar-refractivity contribution < 1.29 is 13.2 Å². The number of carbonyl (C=O) groups excluding carboxylic acids is 1. The van der Waals surface area contributed by atoms with Crippen LogP contribution in [0.4, 0.5) is 0 Å². The Morgan fingerprint density at radius 3 is 2.71 bits per heavy atom. The van der Waals surface area contributed by atoms with E-state index in [4.69, 9.17) is 5.14 Å². The number of carbonyl (C=O) groups is 1. The molecule has 2 atom stereocenters. The number of sulfonamides is 1. The van der Waals surface area contributed by atoms with E-state index in [9.17, 15) is 13.2 Å². The fourth-order valence-corrected chi connectivity index (χ4v) is 4.08. The van der Waals surface area contributed by atoms with Crippen LogP contribution < -0.4 is 5.14 Å². The highest BCUT2D eigenvalue weighted by atomic mass is 32.2. The van der Waals surface area contributed by atoms with E-state index in [0.717, 1.165) is 18.7 Å². The third-order valence-electron chi connectivity index (χ3n) is 4.23. The Kier molecular flexibility index (Phi) is 3.53. The number of rotatable bonds is 5. The molecule has 2 unspecified atom stereocenters. The molecule has 2 N–H and O–H groups in total. The topological polar surface area (TPSA) is 98.3 Å². The monoisotopic (exact) mass is 312 g/mol. The molecule has 1 aliphatic carbocycles. The number of nitrogens with zero attached hydrogens (tertiary/aromatic N) is 3. The first-order valence-corrected chi connectivity index (χ1v) is 8.84. The summed E-state index contributed by atoms with van der Waals surface area (Å²) in [4.78, 5) is 18.5. The van der Waals surface area contributed by atoms with Gasteiger partial charge < -0.3 is 9.47 Å². The number of nitrogens with two attached hydrogens (primary N) is 1. The van der Waals surface area contributed by atoms with E-state index in [0.29, 0.717) is 12.5 Å². The molecule has 8 heteroatoms. The predicted molar refractivity (Wildman–Crippen MR) is 76.5 cm³/mol. The summed E-state index contributed by atoms with van der Waals surface area (Å²) in [5, 5.41) is 5.10. The fourth-order valence-electron chi connectivity index (χ4n) is 3.20. The Hall–Kier alpha value is -1.41. The molecule has 1 saturated heterocycles. The lowest BCUT2D eigenvalue weighted by molar-refractivity contribution is -0.130. The normalized spacial score (nSPS) is 24.6. The van der Waals surface area contributed by atoms with Gasteiger partial charge in [0.25, 0.3) is 0 Å². The van der Waals surface area contributed by atoms with Crippen LogP contribution in [0.1, 0.15) is 31.1 Å². The lowest BCUT2D eigenvalue weighted by Gasteiger charge is -2.28. The molecule has 1 aromatic heterocycles. The number of aryl methyl sites for hydroxylation is 1. The molecular weight excluding hydrogens is 292 g/mol. The molecule has 0 aromatic carbocycles. The number of hydrogen-bond donors (Lipinski definition) is 1. The highest BCUT2D eigenvalue weighted by molar-refractivity contribution is 7.89. The standard InChI is InChI=1S/C13H20N4O3S/c1-16-5-4-15-13(16)12(10-2-3-10)17-7-9(6-11(17)18)8-21(14,19)20/h4-5,9-10,12H,2-3,6-8H2,1H3,(H2,14,19,20). The van der Waals surface area contributed by atoms with Crippen LogP contribution in [0.5, 0.6) is 0 Å². The summed E-state index contributed by atoms with van der Waals surface area (Å²) in [5.74, 6) is 0.968. The lowest BCUT2D eigenvalue weighted by atomic mass is 10.1. The van der Waals surface area contributed by atoms with Gasteiger partial charge in [-0.05, 0) is 18.8 Å². The van der Waals surface area contributed by atoms with E-state index in [1.807, 2.05) is 17.8 Å². The van der Waals surface area contributed by atoms with Gasteiger partial charge in [0.05, 0.1) is 11.8 Å². The Morgan fingerprint density at radius 1 is 1.48 bits per heavy atom. The fraction of sp³-hybridized carbons (Fsp3) is 0.692. The molecule has 1 aliphatic heterocycles. The molecule has 7 nitrogen and oxygen atoms in total. The van der Waals surface area contributed by atoms with Crippen molar-refractivity contribution in [1.29, 1.82) is 0 Å². The van der Waals surface area contributed by atoms with Gasteiger partial charge in [0, 0.05) is 38.3 Å². The predicted octanol–water partition coefficient (Wildman–Crippen LogP) is 0.00820. The second-order valence-corrected chi connectivity index (χ2v) is 7.78. The summed E-state index contributed by atoms with van der Waals surface area (Å²) < 4.78 is 24.4. The van der Waals surface area contributed by atoms with Crippen molar-refractivity contribution in [2.45, 2.75) is 25.3 Å². The van der Waals surface area contributed by atoms with Crippen molar-refractivity contribution in [1.82, 2.24) is 14.5 Å². The van der Waals surface area contributed by atoms with Gasteiger partial charge >= 0.3 is 0 Å². The van der Waals surface area contributed by atoms with Crippen molar-refractivity contribution in [2.75, 3.05) is 12.3 Å². The van der Waals surface area contributed by atoms with Gasteiger partial charge in [0.2, 0.25) is 15.9 Å². The highest BCUT2D eigenvalue weighted by Gasteiger charge is 2.44. The first kappa shape index (κ1) is 14.5. The first-order valence-electron chi connectivity index (χ1n) is 7.12. The molecule has 1 aromatic rings. The average Bonchev–Trinajstić information content (AvgIpc) is 3.01. The van der Waals surface area contributed by atoms with Crippen LogP contribution in [-0.4, -0.2) is 41.1 Å². The Morgan fingerprint density at radius 2 is 2.19 bits per heavy atom. The maximum Gasteiger partial charge on any atom is 0.223 e. The molecule has 116 valence electrons. The van der Waals surface area contributed by atoms with Crippen molar-refractivity contribution in [3.8, 4) is 0 Å². The van der Waals surface area contributed by atoms with Gasteiger partial charge in [-0.15, -0.1) is 0 Å². The summed E-state index contributed by atoms with van der Waals surface area (Å²) in [6.45, 7) is 0.448. The molecule has 21 heavy (non-hydrogen) atoms. The second kappa shape index (κ2) is 5.10. The van der Waals surface area contributed by atoms with Gasteiger partial charge in [0.15, 0.2) is 0 Å². The zero-order chi connectivity index (χ0) is 15.2. The molecule has 2 heterocycles. The molecule has 0 radical (unpaired) electrons. The third kappa shape index (κ3) is 3.11. The second-order valence-electron chi connectivity index (χ2n) is 6.12. The Bertz CT molecular complexity index is 650. The minimum absolute atomic E-state index is 0.00329. The summed E-state index contributed by atoms with van der Waals surface area (Å²) in [6, 6.07) is -0.0389. The zero-order valence-corrected chi connectivity index (χ0v) is 12.8. The number of imidazole rings is 1. The van der Waals surface area contributed by atoms with Crippen LogP contribution in [0.25, 0.3) is 0 Å². The molecule has 0 bridgehead atoms. The van der Waals surface area contributed by atoms with E-state index >= 15 is 0 Å². The molecule has 0 spiro atoms. The van der Waals surface area contributed by atoms with E-state index in [1.165, 1.54) is 0 Å². The summed E-state index contributed by atoms with van der Waals surface area (Å²) in [5.41, 5.74) is 0. The van der Waals surface area contributed by atoms with Crippen LogP contribution in [0.2, 0.25) is 0 Å². The summed E-state index contributed by atoms with van der Waals surface area (Å²) in [6.07, 6.45) is 6.02. The lowest BCUT2D eigenvalue weighted by Crippen LogP contribution is -2.34. The van der Waals surface area contributed by atoms with Crippen molar-refractivity contribution in [2.24, 2.45) is 24.0 Å². The molecule has 2 aliphatic rings. The third-order valence-corrected chi connectivity index (χ3v) is 5.17. The van der Waals surface area contributed by atoms with Crippen LogP contribution in [0.15, 0.2) is 12.4 Å². The highest BCUT2D eigenvalue weighted by Crippen LogP contribution is 2.45. The van der Waals surface area contributed by atoms with Crippen LogP contribution in [-0.2, 0) is 21.9 Å². The largest absolute Gasteiger partial charge is 0.336 e. The molecule has 3 rings (SSSR count). The van der Waals surface area contributed by atoms with Gasteiger partial charge in [-0.2, -0.15) is 0 Å². The summed E-state index contributed by atoms with van der Waals surface area (Å²) >= 11 is 0. The number of primary sulfonamides is 1. The maximum absolute atomic E-state index is 12.3. The molecule has 2 fully saturated rings. The van der Waals surface area contributed by atoms with Crippen LogP contribution in [0, 0.1) is 11.8 Å². The number of aromatic nitrogens is 2. The van der Waals surface area contributed by atoms with Gasteiger partial charge in [-0.1, -0.05) is 0 Å². The van der Waals surface area contributed by atoms with E-state index in [-0.39, 0.29) is 30.0 Å². The number of amides is 1. The molecule has 1 amide bonds. The smallest absolute Gasteiger partial charge is 0.223 e. The van der Waals surface area contributed by atoms with E-state index in [1.54, 1.807) is 11.1 Å². The zero-order valence-electron chi connectivity index (χ0n) is 12.0. The minimum Gasteiger partial charge on any atom is -0.336 e. The SMILES string of the molecule is Cn1ccnc1C(C1CC1)N1CC(CS(N)(=O)=O)CC1=O. The van der Waals surface area contributed by atoms with Crippen LogP contribution in [0.3, 0.4) is 0 Å². The van der Waals surface area contributed by atoms with Gasteiger partial charge in [-0.3, -0.25) is 4.79 Å². The van der Waals surface area contributed by atoms with E-state index in [2.05, 4.69) is 4.98 Å². The van der Waals surface area contributed by atoms with E-state index < -0.39 is 10.0 Å². The van der Waals surface area contributed by atoms with Crippen molar-refractivity contribution in [3.05, 3.63) is 18.2 Å². The first-order chi connectivity index (χ1) is 9.85. The average molecular weight is 312 g/mol. The Balaban J connectivity index is 1.81. The molecular formula is C13H20N4O3S. The number of hydrogen-bond acceptors (Lipinski definition) is 4. The van der Waals surface area contributed by atoms with Gasteiger partial charge in [0.1, 0.15) is 5.82 Å². The number of likely N-dealkylation sites (tertiary alicyclic amines) is 1.